The summed E-state index contributed by atoms with van der Waals surface area (Å²) < 4.78 is 72.9. The first kappa shape index (κ1) is 33.5. The van der Waals surface area contributed by atoms with Crippen LogP contribution in [0.2, 0.25) is 0 Å². The average Bonchev–Trinajstić information content (AvgIpc) is 2.98. The van der Waals surface area contributed by atoms with Crippen LogP contribution in [0.4, 0.5) is 23.9 Å². The number of rotatable bonds is 7. The Kier molecular flexibility index (Phi) is 9.08. The largest absolute Gasteiger partial charge is 0.444 e. The maximum atomic E-state index is 15.1. The molecule has 2 amide bonds. The van der Waals surface area contributed by atoms with Gasteiger partial charge >= 0.3 is 6.09 Å². The molecule has 2 N–H and O–H groups in total. The van der Waals surface area contributed by atoms with Crippen molar-refractivity contribution in [3.63, 3.8) is 0 Å². The molecule has 12 nitrogen and oxygen atoms in total. The van der Waals surface area contributed by atoms with E-state index in [2.05, 4.69) is 30.6 Å². The quantitative estimate of drug-likeness (QED) is 0.291. The summed E-state index contributed by atoms with van der Waals surface area (Å²) in [5.41, 5.74) is 0.762. The number of amides is 2. The van der Waals surface area contributed by atoms with Crippen molar-refractivity contribution in [1.82, 2.24) is 30.6 Å². The van der Waals surface area contributed by atoms with Gasteiger partial charge in [-0.05, 0) is 69.7 Å². The molecule has 0 aliphatic carbocycles. The van der Waals surface area contributed by atoms with E-state index >= 15 is 8.78 Å². The first-order valence-corrected chi connectivity index (χ1v) is 16.4. The molecule has 1 atom stereocenters. The van der Waals surface area contributed by atoms with Crippen LogP contribution in [-0.4, -0.2) is 77.3 Å². The van der Waals surface area contributed by atoms with Gasteiger partial charge in [0.05, 0.1) is 46.6 Å². The van der Waals surface area contributed by atoms with E-state index < -0.39 is 51.8 Å². The molecular weight excluding hydrogens is 639 g/mol. The van der Waals surface area contributed by atoms with Crippen LogP contribution in [0.5, 0.6) is 0 Å². The van der Waals surface area contributed by atoms with Crippen molar-refractivity contribution in [3.05, 3.63) is 71.9 Å². The normalized spacial score (nSPS) is 16.5. The highest BCUT2D eigenvalue weighted by molar-refractivity contribution is 7.90. The lowest BCUT2D eigenvalue weighted by molar-refractivity contribution is -0.0461. The number of fused-ring (bicyclic) bond motifs is 1. The van der Waals surface area contributed by atoms with Gasteiger partial charge < -0.3 is 20.3 Å². The number of nitrogens with one attached hydrogen (secondary N) is 2. The Balaban J connectivity index is 1.29. The van der Waals surface area contributed by atoms with Gasteiger partial charge in [0.15, 0.2) is 9.84 Å². The van der Waals surface area contributed by atoms with Gasteiger partial charge in [-0.25, -0.2) is 41.3 Å². The van der Waals surface area contributed by atoms with Crippen molar-refractivity contribution < 1.29 is 35.9 Å². The standard InChI is InChI=1S/C31H32F3N7O5S/c1-30(2,3)46-29(43)40-26-8-10-41(17-31(26,33)34)28-35-9-7-24(39-28)23-6-5-18-15-36-21(14-25(18)38-23)16-37-27(42)19-11-20(32)13-22(12-19)47(4,44)45/h5-7,9,11-15,26H,8,10,16-17H2,1-4H3,(H,37,42)(H,40,43)/t26-/m1/s1. The van der Waals surface area contributed by atoms with Crippen LogP contribution < -0.4 is 15.5 Å². The number of piperidine rings is 1. The molecule has 16 heteroatoms. The summed E-state index contributed by atoms with van der Waals surface area (Å²) in [6, 6.07) is 8.15. The molecule has 4 aromatic rings. The van der Waals surface area contributed by atoms with Crippen LogP contribution >= 0.6 is 0 Å². The minimum Gasteiger partial charge on any atom is -0.444 e. The number of halogens is 3. The number of hydrogen-bond donors (Lipinski definition) is 2. The molecule has 47 heavy (non-hydrogen) atoms. The van der Waals surface area contributed by atoms with E-state index in [4.69, 9.17) is 4.74 Å². The number of sulfone groups is 1. The number of alkyl carbamates (subject to hydrolysis) is 1. The minimum absolute atomic E-state index is 0.0571. The zero-order chi connectivity index (χ0) is 34.1. The Morgan fingerprint density at radius 3 is 2.51 bits per heavy atom. The van der Waals surface area contributed by atoms with Gasteiger partial charge in [0.1, 0.15) is 11.4 Å². The van der Waals surface area contributed by atoms with E-state index in [-0.39, 0.29) is 35.9 Å². The number of ether oxygens (including phenoxy) is 1. The van der Waals surface area contributed by atoms with E-state index in [9.17, 15) is 22.4 Å². The molecule has 1 fully saturated rings. The van der Waals surface area contributed by atoms with Gasteiger partial charge in [0, 0.05) is 36.1 Å². The fourth-order valence-electron chi connectivity index (χ4n) is 4.86. The number of aromatic nitrogens is 4. The van der Waals surface area contributed by atoms with Crippen LogP contribution in [0.3, 0.4) is 0 Å². The third-order valence-corrected chi connectivity index (χ3v) is 8.19. The molecule has 0 spiro atoms. The highest BCUT2D eigenvalue weighted by atomic mass is 32.2. The number of alkyl halides is 2. The maximum absolute atomic E-state index is 15.1. The van der Waals surface area contributed by atoms with Crippen LogP contribution in [0.1, 0.15) is 43.2 Å². The van der Waals surface area contributed by atoms with Gasteiger partial charge in [-0.15, -0.1) is 0 Å². The number of carbonyl (C=O) groups excluding carboxylic acids is 2. The first-order chi connectivity index (χ1) is 22.0. The van der Waals surface area contributed by atoms with Crippen molar-refractivity contribution in [2.75, 3.05) is 24.2 Å². The maximum Gasteiger partial charge on any atom is 0.408 e. The number of hydrogen-bond acceptors (Lipinski definition) is 10. The molecule has 3 aromatic heterocycles. The smallest absolute Gasteiger partial charge is 0.408 e. The molecular formula is C31H32F3N7O5S. The second-order valence-electron chi connectivity index (χ2n) is 12.1. The average molecular weight is 672 g/mol. The number of pyridine rings is 2. The molecule has 1 saturated heterocycles. The van der Waals surface area contributed by atoms with E-state index in [1.165, 1.54) is 11.1 Å². The van der Waals surface area contributed by atoms with Crippen LogP contribution in [-0.2, 0) is 21.1 Å². The first-order valence-electron chi connectivity index (χ1n) is 14.5. The number of benzene rings is 1. The Labute approximate surface area is 268 Å². The highest BCUT2D eigenvalue weighted by Gasteiger charge is 2.46. The van der Waals surface area contributed by atoms with E-state index in [0.717, 1.165) is 24.5 Å². The third-order valence-electron chi connectivity index (χ3n) is 7.10. The number of anilines is 1. The molecule has 0 bridgehead atoms. The Hall–Kier alpha value is -4.86. The molecule has 0 unspecified atom stereocenters. The van der Waals surface area contributed by atoms with E-state index in [1.807, 2.05) is 0 Å². The Morgan fingerprint density at radius 1 is 1.06 bits per heavy atom. The number of nitrogens with zero attached hydrogens (tertiary/aromatic N) is 5. The molecule has 0 saturated carbocycles. The van der Waals surface area contributed by atoms with E-state index in [1.54, 1.807) is 51.2 Å². The van der Waals surface area contributed by atoms with Crippen LogP contribution in [0.25, 0.3) is 22.3 Å². The summed E-state index contributed by atoms with van der Waals surface area (Å²) in [5.74, 6) is -4.75. The second-order valence-corrected chi connectivity index (χ2v) is 14.1. The molecule has 0 radical (unpaired) electrons. The SMILES string of the molecule is CC(C)(C)OC(=O)N[C@@H]1CCN(c2nccc(-c3ccc4cnc(CNC(=O)c5cc(F)cc(S(C)(=O)=O)c5)cc4n3)n2)CC1(F)F. The van der Waals surface area contributed by atoms with E-state index in [0.29, 0.717) is 28.0 Å². The zero-order valence-electron chi connectivity index (χ0n) is 25.9. The summed E-state index contributed by atoms with van der Waals surface area (Å²) in [4.78, 5) is 43.4. The second kappa shape index (κ2) is 12.7. The van der Waals surface area contributed by atoms with Crippen molar-refractivity contribution in [1.29, 1.82) is 0 Å². The zero-order valence-corrected chi connectivity index (χ0v) is 26.7. The lowest BCUT2D eigenvalue weighted by Gasteiger charge is -2.38. The molecule has 4 heterocycles. The molecule has 5 rings (SSSR count). The summed E-state index contributed by atoms with van der Waals surface area (Å²) in [5, 5.41) is 5.55. The van der Waals surface area contributed by atoms with Crippen LogP contribution in [0, 0.1) is 5.82 Å². The summed E-state index contributed by atoms with van der Waals surface area (Å²) in [6.07, 6.45) is 2.95. The molecule has 1 aromatic carbocycles. The summed E-state index contributed by atoms with van der Waals surface area (Å²) >= 11 is 0. The summed E-state index contributed by atoms with van der Waals surface area (Å²) in [7, 11) is -3.73. The summed E-state index contributed by atoms with van der Waals surface area (Å²) in [6.45, 7) is 4.33. The van der Waals surface area contributed by atoms with Gasteiger partial charge in [0.25, 0.3) is 11.8 Å². The van der Waals surface area contributed by atoms with Crippen molar-refractivity contribution in [3.8, 4) is 11.4 Å². The molecule has 1 aliphatic rings. The fraction of sp³-hybridized carbons (Fsp3) is 0.355. The lowest BCUT2D eigenvalue weighted by Crippen LogP contribution is -2.59. The monoisotopic (exact) mass is 671 g/mol. The topological polar surface area (TPSA) is 156 Å². The van der Waals surface area contributed by atoms with Gasteiger partial charge in [-0.3, -0.25) is 9.78 Å². The Morgan fingerprint density at radius 2 is 1.81 bits per heavy atom. The lowest BCUT2D eigenvalue weighted by atomic mass is 10.0. The fourth-order valence-corrected chi connectivity index (χ4v) is 5.53. The van der Waals surface area contributed by atoms with Gasteiger partial charge in [-0.2, -0.15) is 0 Å². The van der Waals surface area contributed by atoms with Crippen molar-refractivity contribution in [2.45, 2.75) is 56.2 Å². The molecule has 1 aliphatic heterocycles. The van der Waals surface area contributed by atoms with Crippen molar-refractivity contribution >= 4 is 38.7 Å². The highest BCUT2D eigenvalue weighted by Crippen LogP contribution is 2.30. The van der Waals surface area contributed by atoms with Gasteiger partial charge in [0.2, 0.25) is 5.95 Å². The van der Waals surface area contributed by atoms with Crippen molar-refractivity contribution in [2.24, 2.45) is 0 Å². The predicted octanol–water partition coefficient (Wildman–Crippen LogP) is 4.30. The van der Waals surface area contributed by atoms with Gasteiger partial charge in [-0.1, -0.05) is 0 Å². The Bertz CT molecular complexity index is 1950. The minimum atomic E-state index is -3.73. The van der Waals surface area contributed by atoms with Crippen LogP contribution in [0.15, 0.2) is 59.8 Å². The molecule has 248 valence electrons. The predicted molar refractivity (Wildman–Crippen MR) is 166 cm³/mol. The third kappa shape index (κ3) is 8.30. The number of carbonyl (C=O) groups is 2.